The topological polar surface area (TPSA) is 87.7 Å². The van der Waals surface area contributed by atoms with Crippen molar-refractivity contribution in [3.63, 3.8) is 0 Å². The van der Waals surface area contributed by atoms with Crippen LogP contribution in [0.4, 0.5) is 9.18 Å². The number of urea groups is 1. The molecule has 0 aromatic heterocycles. The zero-order valence-corrected chi connectivity index (χ0v) is 9.98. The molecule has 1 heterocycles. The van der Waals surface area contributed by atoms with E-state index in [0.29, 0.717) is 12.2 Å². The summed E-state index contributed by atoms with van der Waals surface area (Å²) >= 11 is 0. The van der Waals surface area contributed by atoms with E-state index < -0.39 is 18.5 Å². The van der Waals surface area contributed by atoms with E-state index in [-0.39, 0.29) is 18.5 Å². The molecule has 2 rings (SSSR count). The first kappa shape index (κ1) is 13.1. The minimum absolute atomic E-state index is 0.224. The normalized spacial score (nSPS) is 16.4. The van der Waals surface area contributed by atoms with Crippen LogP contribution in [0.2, 0.25) is 0 Å². The first-order valence-corrected chi connectivity index (χ1v) is 5.73. The molecule has 1 aliphatic rings. The Bertz CT molecular complexity index is 507. The molecule has 0 bridgehead atoms. The minimum atomic E-state index is -1.12. The Morgan fingerprint density at radius 2 is 2.21 bits per heavy atom. The molecule has 0 saturated carbocycles. The zero-order chi connectivity index (χ0) is 13.8. The SMILES string of the molecule is O=C(O)CNC(=O)NCC1Cc2cc(F)ccc2O1. The summed E-state index contributed by atoms with van der Waals surface area (Å²) in [6.07, 6.45) is 0.235. The van der Waals surface area contributed by atoms with Crippen LogP contribution in [-0.4, -0.2) is 36.3 Å². The van der Waals surface area contributed by atoms with Crippen molar-refractivity contribution >= 4 is 12.0 Å². The van der Waals surface area contributed by atoms with Gasteiger partial charge >= 0.3 is 12.0 Å². The molecule has 0 radical (unpaired) electrons. The number of halogens is 1. The van der Waals surface area contributed by atoms with Crippen molar-refractivity contribution in [3.05, 3.63) is 29.6 Å². The van der Waals surface area contributed by atoms with Crippen LogP contribution in [0.25, 0.3) is 0 Å². The van der Waals surface area contributed by atoms with Gasteiger partial charge in [0.15, 0.2) is 0 Å². The number of nitrogens with one attached hydrogen (secondary N) is 2. The minimum Gasteiger partial charge on any atom is -0.488 e. The second kappa shape index (κ2) is 5.55. The molecule has 1 atom stereocenters. The molecule has 1 aliphatic heterocycles. The number of ether oxygens (including phenoxy) is 1. The molecular formula is C12H13FN2O4. The van der Waals surface area contributed by atoms with Crippen molar-refractivity contribution in [3.8, 4) is 5.75 Å². The highest BCUT2D eigenvalue weighted by molar-refractivity contribution is 5.79. The largest absolute Gasteiger partial charge is 0.488 e. The average molecular weight is 268 g/mol. The van der Waals surface area contributed by atoms with Gasteiger partial charge in [-0.2, -0.15) is 0 Å². The highest BCUT2D eigenvalue weighted by Crippen LogP contribution is 2.28. The van der Waals surface area contributed by atoms with E-state index in [0.717, 1.165) is 5.56 Å². The number of hydrogen-bond donors (Lipinski definition) is 3. The van der Waals surface area contributed by atoms with Crippen LogP contribution in [0.5, 0.6) is 5.75 Å². The van der Waals surface area contributed by atoms with Crippen LogP contribution in [-0.2, 0) is 11.2 Å². The summed E-state index contributed by atoms with van der Waals surface area (Å²) in [6, 6.07) is 3.69. The van der Waals surface area contributed by atoms with Crippen molar-refractivity contribution < 1.29 is 23.8 Å². The molecule has 7 heteroatoms. The molecule has 1 unspecified atom stereocenters. The number of carboxylic acids is 1. The van der Waals surface area contributed by atoms with Gasteiger partial charge < -0.3 is 20.5 Å². The summed E-state index contributed by atoms with van der Waals surface area (Å²) in [4.78, 5) is 21.5. The molecule has 1 aromatic carbocycles. The van der Waals surface area contributed by atoms with E-state index in [9.17, 15) is 14.0 Å². The third-order valence-corrected chi connectivity index (χ3v) is 2.65. The van der Waals surface area contributed by atoms with Gasteiger partial charge in [-0.05, 0) is 18.2 Å². The predicted molar refractivity (Wildman–Crippen MR) is 63.6 cm³/mol. The third kappa shape index (κ3) is 3.57. The van der Waals surface area contributed by atoms with Crippen molar-refractivity contribution in [2.24, 2.45) is 0 Å². The number of rotatable bonds is 4. The van der Waals surface area contributed by atoms with Gasteiger partial charge in [-0.15, -0.1) is 0 Å². The first-order chi connectivity index (χ1) is 9.04. The Morgan fingerprint density at radius 3 is 2.95 bits per heavy atom. The lowest BCUT2D eigenvalue weighted by molar-refractivity contribution is -0.135. The molecule has 0 saturated heterocycles. The molecular weight excluding hydrogens is 255 g/mol. The molecule has 1 aromatic rings. The number of carboxylic acid groups (broad SMARTS) is 1. The summed E-state index contributed by atoms with van der Waals surface area (Å²) in [5.74, 6) is -0.829. The number of fused-ring (bicyclic) bond motifs is 1. The van der Waals surface area contributed by atoms with Crippen molar-refractivity contribution in [2.75, 3.05) is 13.1 Å². The van der Waals surface area contributed by atoms with Gasteiger partial charge in [-0.3, -0.25) is 4.79 Å². The van der Waals surface area contributed by atoms with E-state index in [1.807, 2.05) is 0 Å². The van der Waals surface area contributed by atoms with E-state index in [1.165, 1.54) is 12.1 Å². The smallest absolute Gasteiger partial charge is 0.323 e. The maximum Gasteiger partial charge on any atom is 0.323 e. The Labute approximate surface area is 108 Å². The predicted octanol–water partition coefficient (Wildman–Crippen LogP) is 0.513. The quantitative estimate of drug-likeness (QED) is 0.742. The summed E-state index contributed by atoms with van der Waals surface area (Å²) in [7, 11) is 0. The van der Waals surface area contributed by atoms with Crippen LogP contribution in [0.1, 0.15) is 5.56 Å². The Balaban J connectivity index is 1.78. The standard InChI is InChI=1S/C12H13FN2O4/c13-8-1-2-10-7(3-8)4-9(19-10)5-14-12(18)15-6-11(16)17/h1-3,9H,4-6H2,(H,16,17)(H2,14,15,18). The van der Waals surface area contributed by atoms with Crippen LogP contribution in [0, 0.1) is 5.82 Å². The number of hydrogen-bond acceptors (Lipinski definition) is 3. The molecule has 6 nitrogen and oxygen atoms in total. The molecule has 0 spiro atoms. The fourth-order valence-corrected chi connectivity index (χ4v) is 1.83. The highest BCUT2D eigenvalue weighted by Gasteiger charge is 2.23. The van der Waals surface area contributed by atoms with Gasteiger partial charge in [0, 0.05) is 12.0 Å². The number of aliphatic carboxylic acids is 1. The maximum atomic E-state index is 13.0. The lowest BCUT2D eigenvalue weighted by atomic mass is 10.1. The first-order valence-electron chi connectivity index (χ1n) is 5.73. The van der Waals surface area contributed by atoms with Gasteiger partial charge in [0.25, 0.3) is 0 Å². The molecule has 0 aliphatic carbocycles. The summed E-state index contributed by atoms with van der Waals surface area (Å²) in [5.41, 5.74) is 0.762. The van der Waals surface area contributed by atoms with Crippen LogP contribution in [0.15, 0.2) is 18.2 Å². The fraction of sp³-hybridized carbons (Fsp3) is 0.333. The summed E-state index contributed by atoms with van der Waals surface area (Å²) in [5, 5.41) is 13.1. The Morgan fingerprint density at radius 1 is 1.42 bits per heavy atom. The second-order valence-corrected chi connectivity index (χ2v) is 4.15. The van der Waals surface area contributed by atoms with Crippen molar-refractivity contribution in [1.82, 2.24) is 10.6 Å². The van der Waals surface area contributed by atoms with Crippen molar-refractivity contribution in [1.29, 1.82) is 0 Å². The molecule has 102 valence electrons. The second-order valence-electron chi connectivity index (χ2n) is 4.15. The summed E-state index contributed by atoms with van der Waals surface area (Å²) in [6.45, 7) is -0.218. The van der Waals surface area contributed by atoms with Gasteiger partial charge in [0.05, 0.1) is 6.54 Å². The molecule has 0 fully saturated rings. The van der Waals surface area contributed by atoms with Gasteiger partial charge in [0.2, 0.25) is 0 Å². The monoisotopic (exact) mass is 268 g/mol. The third-order valence-electron chi connectivity index (χ3n) is 2.65. The number of amides is 2. The number of benzene rings is 1. The van der Waals surface area contributed by atoms with Gasteiger partial charge in [0.1, 0.15) is 24.2 Å². The summed E-state index contributed by atoms with van der Waals surface area (Å²) < 4.78 is 18.5. The Kier molecular flexibility index (Phi) is 3.84. The lowest BCUT2D eigenvalue weighted by Gasteiger charge is -2.11. The van der Waals surface area contributed by atoms with E-state index >= 15 is 0 Å². The molecule has 19 heavy (non-hydrogen) atoms. The van der Waals surface area contributed by atoms with Crippen molar-refractivity contribution in [2.45, 2.75) is 12.5 Å². The van der Waals surface area contributed by atoms with Gasteiger partial charge in [-0.1, -0.05) is 0 Å². The molecule has 3 N–H and O–H groups in total. The maximum absolute atomic E-state index is 13.0. The number of carbonyl (C=O) groups excluding carboxylic acids is 1. The van der Waals surface area contributed by atoms with Crippen LogP contribution < -0.4 is 15.4 Å². The van der Waals surface area contributed by atoms with Crippen LogP contribution in [0.3, 0.4) is 0 Å². The zero-order valence-electron chi connectivity index (χ0n) is 9.98. The van der Waals surface area contributed by atoms with E-state index in [2.05, 4.69) is 10.6 Å². The number of carbonyl (C=O) groups is 2. The van der Waals surface area contributed by atoms with E-state index in [4.69, 9.17) is 9.84 Å². The highest BCUT2D eigenvalue weighted by atomic mass is 19.1. The Hall–Kier alpha value is -2.31. The fourth-order valence-electron chi connectivity index (χ4n) is 1.83. The van der Waals surface area contributed by atoms with Crippen LogP contribution >= 0.6 is 0 Å². The molecule has 2 amide bonds. The van der Waals surface area contributed by atoms with Gasteiger partial charge in [-0.25, -0.2) is 9.18 Å². The lowest BCUT2D eigenvalue weighted by Crippen LogP contribution is -2.42. The van der Waals surface area contributed by atoms with E-state index in [1.54, 1.807) is 6.07 Å². The average Bonchev–Trinajstić information content (AvgIpc) is 2.75.